The first-order chi connectivity index (χ1) is 12.8. The molecule has 0 aliphatic heterocycles. The van der Waals surface area contributed by atoms with Gasteiger partial charge in [-0.25, -0.2) is 13.4 Å². The lowest BCUT2D eigenvalue weighted by atomic mass is 10.2. The smallest absolute Gasteiger partial charge is 0.265 e. The summed E-state index contributed by atoms with van der Waals surface area (Å²) in [7, 11) is -3.69. The molecule has 0 saturated carbocycles. The molecule has 0 aliphatic rings. The Morgan fingerprint density at radius 3 is 2.44 bits per heavy atom. The van der Waals surface area contributed by atoms with E-state index in [0.29, 0.717) is 17.1 Å². The Balaban J connectivity index is 1.62. The van der Waals surface area contributed by atoms with Crippen molar-refractivity contribution in [3.8, 4) is 10.6 Å². The molecule has 2 heterocycles. The quantitative estimate of drug-likeness (QED) is 0.533. The fourth-order valence-corrected chi connectivity index (χ4v) is 5.48. The Morgan fingerprint density at radius 1 is 1.04 bits per heavy atom. The van der Waals surface area contributed by atoms with Gasteiger partial charge in [-0.1, -0.05) is 6.07 Å². The highest BCUT2D eigenvalue weighted by Gasteiger charge is 2.22. The summed E-state index contributed by atoms with van der Waals surface area (Å²) >= 11 is 1.62. The van der Waals surface area contributed by atoms with Gasteiger partial charge in [0.1, 0.15) is 9.90 Å². The molecule has 0 aliphatic carbocycles. The van der Waals surface area contributed by atoms with Gasteiger partial charge in [-0.15, -0.1) is 11.3 Å². The molecule has 0 unspecified atom stereocenters. The van der Waals surface area contributed by atoms with Gasteiger partial charge >= 0.3 is 0 Å². The van der Waals surface area contributed by atoms with Crippen molar-refractivity contribution >= 4 is 37.3 Å². The molecule has 0 amide bonds. The maximum absolute atomic E-state index is 12.6. The van der Waals surface area contributed by atoms with Gasteiger partial charge < -0.3 is 0 Å². The molecule has 0 spiro atoms. The molecule has 0 radical (unpaired) electrons. The minimum atomic E-state index is -3.69. The second-order valence-corrected chi connectivity index (χ2v) is 9.09. The summed E-state index contributed by atoms with van der Waals surface area (Å²) in [4.78, 5) is 4.85. The van der Waals surface area contributed by atoms with Gasteiger partial charge in [-0.3, -0.25) is 9.82 Å². The number of benzene rings is 2. The van der Waals surface area contributed by atoms with Crippen LogP contribution in [0.5, 0.6) is 0 Å². The standard InChI is InChI=1S/C19H18N4O2S2/c1-11-4-9-16-17(10-11)26-19(20-16)14-5-7-15(8-6-14)23-27(24,25)18-12(2)21-22-13(18)3/h4-10,23H,1-3H3,(H,21,22). The molecule has 2 aromatic carbocycles. The molecule has 2 N–H and O–H groups in total. The molecule has 4 aromatic rings. The van der Waals surface area contributed by atoms with Crippen molar-refractivity contribution < 1.29 is 8.42 Å². The number of nitrogens with zero attached hydrogens (tertiary/aromatic N) is 2. The van der Waals surface area contributed by atoms with Crippen molar-refractivity contribution in [3.63, 3.8) is 0 Å². The van der Waals surface area contributed by atoms with Gasteiger partial charge in [0.15, 0.2) is 0 Å². The predicted octanol–water partition coefficient (Wildman–Crippen LogP) is 4.41. The monoisotopic (exact) mass is 398 g/mol. The van der Waals surface area contributed by atoms with E-state index in [1.54, 1.807) is 37.3 Å². The van der Waals surface area contributed by atoms with E-state index in [4.69, 9.17) is 0 Å². The van der Waals surface area contributed by atoms with Crippen molar-refractivity contribution in [2.75, 3.05) is 4.72 Å². The van der Waals surface area contributed by atoms with Gasteiger partial charge in [0, 0.05) is 11.3 Å². The Kier molecular flexibility index (Phi) is 4.24. The largest absolute Gasteiger partial charge is 0.281 e. The van der Waals surface area contributed by atoms with Gasteiger partial charge in [-0.2, -0.15) is 5.10 Å². The zero-order valence-electron chi connectivity index (χ0n) is 15.1. The van der Waals surface area contributed by atoms with Crippen LogP contribution in [0.25, 0.3) is 20.8 Å². The molecule has 0 saturated heterocycles. The third-order valence-corrected chi connectivity index (χ3v) is 6.97. The Hall–Kier alpha value is -2.71. The molecule has 2 aromatic heterocycles. The number of rotatable bonds is 4. The fraction of sp³-hybridized carbons (Fsp3) is 0.158. The van der Waals surface area contributed by atoms with Crippen LogP contribution < -0.4 is 4.72 Å². The maximum Gasteiger partial charge on any atom is 0.265 e. The van der Waals surface area contributed by atoms with Gasteiger partial charge in [0.25, 0.3) is 10.0 Å². The van der Waals surface area contributed by atoms with Gasteiger partial charge in [0.2, 0.25) is 0 Å². The van der Waals surface area contributed by atoms with Crippen LogP contribution in [0.1, 0.15) is 17.0 Å². The van der Waals surface area contributed by atoms with Crippen LogP contribution in [0.3, 0.4) is 0 Å². The number of thiazole rings is 1. The van der Waals surface area contributed by atoms with Crippen molar-refractivity contribution in [3.05, 3.63) is 59.4 Å². The number of aryl methyl sites for hydroxylation is 3. The molecule has 138 valence electrons. The highest BCUT2D eigenvalue weighted by Crippen LogP contribution is 2.31. The van der Waals surface area contributed by atoms with Crippen molar-refractivity contribution in [2.24, 2.45) is 0 Å². The number of anilines is 1. The number of H-pyrrole nitrogens is 1. The highest BCUT2D eigenvalue weighted by molar-refractivity contribution is 7.92. The van der Waals surface area contributed by atoms with Crippen molar-refractivity contribution in [2.45, 2.75) is 25.7 Å². The molecular weight excluding hydrogens is 380 g/mol. The lowest BCUT2D eigenvalue weighted by Gasteiger charge is -2.08. The zero-order valence-corrected chi connectivity index (χ0v) is 16.7. The molecule has 27 heavy (non-hydrogen) atoms. The number of fused-ring (bicyclic) bond motifs is 1. The average molecular weight is 399 g/mol. The van der Waals surface area contributed by atoms with Crippen molar-refractivity contribution in [1.29, 1.82) is 0 Å². The van der Waals surface area contributed by atoms with E-state index >= 15 is 0 Å². The molecule has 0 atom stereocenters. The minimum absolute atomic E-state index is 0.188. The van der Waals surface area contributed by atoms with Crippen LogP contribution in [0, 0.1) is 20.8 Å². The normalized spacial score (nSPS) is 11.8. The summed E-state index contributed by atoms with van der Waals surface area (Å²) in [6.45, 7) is 5.41. The number of hydrogen-bond donors (Lipinski definition) is 2. The van der Waals surface area contributed by atoms with E-state index < -0.39 is 10.0 Å². The molecule has 4 rings (SSSR count). The van der Waals surface area contributed by atoms with Crippen LogP contribution in [0.15, 0.2) is 47.4 Å². The van der Waals surface area contributed by atoms with Crippen molar-refractivity contribution in [1.82, 2.24) is 15.2 Å². The zero-order chi connectivity index (χ0) is 19.2. The Bertz CT molecular complexity index is 1220. The highest BCUT2D eigenvalue weighted by atomic mass is 32.2. The number of nitrogens with one attached hydrogen (secondary N) is 2. The summed E-state index contributed by atoms with van der Waals surface area (Å²) in [6.07, 6.45) is 0. The van der Waals surface area contributed by atoms with Crippen LogP contribution >= 0.6 is 11.3 Å². The molecule has 8 heteroatoms. The third-order valence-electron chi connectivity index (χ3n) is 4.26. The predicted molar refractivity (Wildman–Crippen MR) is 109 cm³/mol. The van der Waals surface area contributed by atoms with E-state index in [1.807, 2.05) is 24.3 Å². The van der Waals surface area contributed by atoms with E-state index in [2.05, 4.69) is 32.9 Å². The number of hydrogen-bond acceptors (Lipinski definition) is 5. The van der Waals surface area contributed by atoms with Crippen LogP contribution in [-0.4, -0.2) is 23.6 Å². The summed E-state index contributed by atoms with van der Waals surface area (Å²) in [5.74, 6) is 0. The summed E-state index contributed by atoms with van der Waals surface area (Å²) in [5.41, 5.74) is 4.58. The fourth-order valence-electron chi connectivity index (χ4n) is 2.98. The van der Waals surface area contributed by atoms with Crippen LogP contribution in [-0.2, 0) is 10.0 Å². The minimum Gasteiger partial charge on any atom is -0.281 e. The SMILES string of the molecule is Cc1ccc2nc(-c3ccc(NS(=O)(=O)c4c(C)n[nH]c4C)cc3)sc2c1. The first-order valence-corrected chi connectivity index (χ1v) is 10.7. The topological polar surface area (TPSA) is 87.7 Å². The lowest BCUT2D eigenvalue weighted by Crippen LogP contribution is -2.14. The first-order valence-electron chi connectivity index (χ1n) is 8.35. The molecule has 0 bridgehead atoms. The second kappa shape index (κ2) is 6.47. The van der Waals surface area contributed by atoms with Gasteiger partial charge in [0.05, 0.1) is 21.6 Å². The first kappa shape index (κ1) is 17.7. The summed E-state index contributed by atoms with van der Waals surface area (Å²) in [6, 6.07) is 13.4. The summed E-state index contributed by atoms with van der Waals surface area (Å²) in [5, 5.41) is 7.56. The Labute approximate surface area is 161 Å². The molecule has 6 nitrogen and oxygen atoms in total. The third kappa shape index (κ3) is 3.33. The van der Waals surface area contributed by atoms with Crippen LogP contribution in [0.4, 0.5) is 5.69 Å². The maximum atomic E-state index is 12.6. The summed E-state index contributed by atoms with van der Waals surface area (Å²) < 4.78 is 29.0. The van der Waals surface area contributed by atoms with E-state index in [9.17, 15) is 8.42 Å². The average Bonchev–Trinajstić information content (AvgIpc) is 3.18. The second-order valence-electron chi connectivity index (χ2n) is 6.44. The lowest BCUT2D eigenvalue weighted by molar-refractivity contribution is 0.600. The Morgan fingerprint density at radius 2 is 1.78 bits per heavy atom. The number of sulfonamides is 1. The molecular formula is C19H18N4O2S2. The number of aromatic amines is 1. The van der Waals surface area contributed by atoms with E-state index in [-0.39, 0.29) is 4.90 Å². The van der Waals surface area contributed by atoms with Crippen LogP contribution in [0.2, 0.25) is 0 Å². The van der Waals surface area contributed by atoms with E-state index in [1.165, 1.54) is 5.56 Å². The molecule has 0 fully saturated rings. The van der Waals surface area contributed by atoms with E-state index in [0.717, 1.165) is 20.8 Å². The van der Waals surface area contributed by atoms with Gasteiger partial charge in [-0.05, 0) is 62.7 Å². The number of aromatic nitrogens is 3.